The zero-order chi connectivity index (χ0) is 23.9. The Hall–Kier alpha value is -3.34. The van der Waals surface area contributed by atoms with Crippen molar-refractivity contribution in [2.45, 2.75) is 33.0 Å². The lowest BCUT2D eigenvalue weighted by atomic mass is 10.0. The summed E-state index contributed by atoms with van der Waals surface area (Å²) in [5, 5.41) is 7.05. The smallest absolute Gasteiger partial charge is 0.251 e. The summed E-state index contributed by atoms with van der Waals surface area (Å²) in [5.74, 6) is 0.654. The Bertz CT molecular complexity index is 1390. The van der Waals surface area contributed by atoms with Crippen molar-refractivity contribution in [2.24, 2.45) is 0 Å². The molecule has 0 spiro atoms. The van der Waals surface area contributed by atoms with Gasteiger partial charge in [0.15, 0.2) is 16.6 Å². The van der Waals surface area contributed by atoms with Gasteiger partial charge in [0.2, 0.25) is 0 Å². The predicted octanol–water partition coefficient (Wildman–Crippen LogP) is 3.37. The van der Waals surface area contributed by atoms with Crippen molar-refractivity contribution in [3.63, 3.8) is 0 Å². The third-order valence-electron chi connectivity index (χ3n) is 6.81. The molecule has 1 fully saturated rings. The van der Waals surface area contributed by atoms with Crippen LogP contribution in [-0.4, -0.2) is 67.3 Å². The number of thiazole rings is 1. The first-order valence-electron chi connectivity index (χ1n) is 12.0. The number of rotatable bonds is 6. The van der Waals surface area contributed by atoms with Crippen molar-refractivity contribution in [1.82, 2.24) is 34.5 Å². The third kappa shape index (κ3) is 4.29. The van der Waals surface area contributed by atoms with Crippen molar-refractivity contribution in [3.05, 3.63) is 59.0 Å². The average Bonchev–Trinajstić information content (AvgIpc) is 3.60. The van der Waals surface area contributed by atoms with Gasteiger partial charge in [0.1, 0.15) is 0 Å². The molecule has 0 unspecified atom stereocenters. The van der Waals surface area contributed by atoms with Crippen LogP contribution in [0.25, 0.3) is 16.9 Å². The summed E-state index contributed by atoms with van der Waals surface area (Å²) in [7, 11) is 0. The van der Waals surface area contributed by atoms with Crippen molar-refractivity contribution in [3.8, 4) is 11.3 Å². The van der Waals surface area contributed by atoms with E-state index in [1.807, 2.05) is 41.2 Å². The normalized spacial score (nSPS) is 16.7. The predicted molar refractivity (Wildman–Crippen MR) is 137 cm³/mol. The van der Waals surface area contributed by atoms with E-state index in [1.54, 1.807) is 17.5 Å². The number of benzene rings is 1. The van der Waals surface area contributed by atoms with Gasteiger partial charge in [-0.15, -0.1) is 11.3 Å². The fourth-order valence-corrected chi connectivity index (χ4v) is 5.66. The average molecular weight is 489 g/mol. The van der Waals surface area contributed by atoms with Gasteiger partial charge < -0.3 is 10.6 Å². The molecule has 180 valence electrons. The highest BCUT2D eigenvalue weighted by molar-refractivity contribution is 7.15. The standard InChI is InChI=1S/C25H28N8OS/c1-16(2)32-9-7-31(8-10-32)15-19-13-29-25(35-19)30-22-23-26-5-6-33(23)21(14-27-22)17-3-4-20-18(11-17)12-28-24(20)34/h3-6,11,13-14,16H,7-10,12,15H2,1-2H3,(H,28,34)(H,27,29,30). The molecule has 0 saturated carbocycles. The number of hydrogen-bond acceptors (Lipinski definition) is 8. The number of fused-ring (bicyclic) bond motifs is 2. The van der Waals surface area contributed by atoms with Crippen LogP contribution in [0.3, 0.4) is 0 Å². The van der Waals surface area contributed by atoms with E-state index in [9.17, 15) is 4.79 Å². The van der Waals surface area contributed by atoms with Crippen molar-refractivity contribution < 1.29 is 4.79 Å². The van der Waals surface area contributed by atoms with Gasteiger partial charge in [0.25, 0.3) is 5.91 Å². The number of piperazine rings is 1. The Labute approximate surface area is 207 Å². The number of hydrogen-bond donors (Lipinski definition) is 2. The van der Waals surface area contributed by atoms with E-state index in [4.69, 9.17) is 0 Å². The van der Waals surface area contributed by atoms with E-state index in [0.29, 0.717) is 18.4 Å². The molecule has 0 aliphatic carbocycles. The molecule has 1 amide bonds. The monoisotopic (exact) mass is 488 g/mol. The van der Waals surface area contributed by atoms with Crippen molar-refractivity contribution in [1.29, 1.82) is 0 Å². The second-order valence-electron chi connectivity index (χ2n) is 9.33. The molecule has 9 nitrogen and oxygen atoms in total. The van der Waals surface area contributed by atoms with Gasteiger partial charge in [-0.05, 0) is 31.5 Å². The number of carbonyl (C=O) groups is 1. The number of anilines is 2. The van der Waals surface area contributed by atoms with Gasteiger partial charge in [0, 0.05) is 79.9 Å². The fourth-order valence-electron chi connectivity index (χ4n) is 4.81. The van der Waals surface area contributed by atoms with Gasteiger partial charge in [-0.2, -0.15) is 0 Å². The topological polar surface area (TPSA) is 90.7 Å². The summed E-state index contributed by atoms with van der Waals surface area (Å²) in [5.41, 5.74) is 4.40. The largest absolute Gasteiger partial charge is 0.348 e. The highest BCUT2D eigenvalue weighted by atomic mass is 32.1. The van der Waals surface area contributed by atoms with Gasteiger partial charge >= 0.3 is 0 Å². The third-order valence-corrected chi connectivity index (χ3v) is 7.71. The Morgan fingerprint density at radius 2 is 1.97 bits per heavy atom. The summed E-state index contributed by atoms with van der Waals surface area (Å²) >= 11 is 1.66. The Kier molecular flexibility index (Phi) is 5.71. The van der Waals surface area contributed by atoms with E-state index >= 15 is 0 Å². The minimum absolute atomic E-state index is 0.0161. The van der Waals surface area contributed by atoms with E-state index < -0.39 is 0 Å². The lowest BCUT2D eigenvalue weighted by molar-refractivity contribution is 0.0965. The summed E-state index contributed by atoms with van der Waals surface area (Å²) in [6.07, 6.45) is 7.50. The molecule has 0 radical (unpaired) electrons. The first kappa shape index (κ1) is 22.1. The molecule has 4 aromatic rings. The first-order valence-corrected chi connectivity index (χ1v) is 12.8. The summed E-state index contributed by atoms with van der Waals surface area (Å²) in [4.78, 5) is 32.0. The molecule has 1 aromatic carbocycles. The highest BCUT2D eigenvalue weighted by Crippen LogP contribution is 2.29. The minimum Gasteiger partial charge on any atom is -0.348 e. The number of nitrogens with zero attached hydrogens (tertiary/aromatic N) is 6. The zero-order valence-electron chi connectivity index (χ0n) is 19.9. The number of nitrogens with one attached hydrogen (secondary N) is 2. The molecular weight excluding hydrogens is 460 g/mol. The SMILES string of the molecule is CC(C)N1CCN(Cc2cnc(Nc3ncc(-c4ccc5c(c4)CNC5=O)n4ccnc34)s2)CC1. The molecule has 1 saturated heterocycles. The molecule has 0 atom stereocenters. The lowest BCUT2D eigenvalue weighted by Gasteiger charge is -2.36. The summed E-state index contributed by atoms with van der Waals surface area (Å²) in [6.45, 7) is 10.4. The molecule has 35 heavy (non-hydrogen) atoms. The second-order valence-corrected chi connectivity index (χ2v) is 10.4. The lowest BCUT2D eigenvalue weighted by Crippen LogP contribution is -2.48. The molecule has 6 rings (SSSR count). The highest BCUT2D eigenvalue weighted by Gasteiger charge is 2.21. The van der Waals surface area contributed by atoms with Crippen LogP contribution in [0.4, 0.5) is 10.9 Å². The van der Waals surface area contributed by atoms with Crippen LogP contribution < -0.4 is 10.6 Å². The first-order chi connectivity index (χ1) is 17.0. The minimum atomic E-state index is -0.0161. The summed E-state index contributed by atoms with van der Waals surface area (Å²) < 4.78 is 2.02. The molecule has 2 aliphatic rings. The van der Waals surface area contributed by atoms with E-state index in [-0.39, 0.29) is 5.91 Å². The van der Waals surface area contributed by atoms with Gasteiger partial charge in [-0.3, -0.25) is 19.0 Å². The van der Waals surface area contributed by atoms with Crippen LogP contribution in [-0.2, 0) is 13.1 Å². The molecule has 2 aliphatic heterocycles. The van der Waals surface area contributed by atoms with Crippen LogP contribution in [0.5, 0.6) is 0 Å². The van der Waals surface area contributed by atoms with Crippen LogP contribution in [0.1, 0.15) is 34.6 Å². The maximum Gasteiger partial charge on any atom is 0.251 e. The second kappa shape index (κ2) is 9.03. The van der Waals surface area contributed by atoms with Crippen molar-refractivity contribution in [2.75, 3.05) is 31.5 Å². The molecule has 10 heteroatoms. The molecule has 3 aromatic heterocycles. The Balaban J connectivity index is 1.19. The van der Waals surface area contributed by atoms with Gasteiger partial charge in [-0.1, -0.05) is 6.07 Å². The van der Waals surface area contributed by atoms with Gasteiger partial charge in [0.05, 0.1) is 11.9 Å². The number of imidazole rings is 1. The maximum absolute atomic E-state index is 11.9. The van der Waals surface area contributed by atoms with Crippen LogP contribution in [0.2, 0.25) is 0 Å². The van der Waals surface area contributed by atoms with Crippen LogP contribution in [0, 0.1) is 0 Å². The maximum atomic E-state index is 11.9. The number of aromatic nitrogens is 4. The van der Waals surface area contributed by atoms with E-state index in [1.165, 1.54) is 4.88 Å². The molecule has 2 N–H and O–H groups in total. The fraction of sp³-hybridized carbons (Fsp3) is 0.360. The Morgan fingerprint density at radius 3 is 2.80 bits per heavy atom. The van der Waals surface area contributed by atoms with Crippen molar-refractivity contribution >= 4 is 33.8 Å². The number of carbonyl (C=O) groups excluding carboxylic acids is 1. The van der Waals surface area contributed by atoms with Crippen LogP contribution >= 0.6 is 11.3 Å². The van der Waals surface area contributed by atoms with E-state index in [2.05, 4.69) is 49.2 Å². The molecular formula is C25H28N8OS. The molecule has 5 heterocycles. The quantitative estimate of drug-likeness (QED) is 0.430. The van der Waals surface area contributed by atoms with E-state index in [0.717, 1.165) is 65.9 Å². The van der Waals surface area contributed by atoms with Gasteiger partial charge in [-0.25, -0.2) is 15.0 Å². The number of amides is 1. The zero-order valence-corrected chi connectivity index (χ0v) is 20.7. The molecule has 0 bridgehead atoms. The summed E-state index contributed by atoms with van der Waals surface area (Å²) in [6, 6.07) is 6.49. The van der Waals surface area contributed by atoms with Crippen LogP contribution in [0.15, 0.2) is 43.0 Å². The Morgan fingerprint density at radius 1 is 1.11 bits per heavy atom.